The van der Waals surface area contributed by atoms with Crippen molar-refractivity contribution in [1.29, 1.82) is 0 Å². The number of ether oxygens (including phenoxy) is 2. The smallest absolute Gasteiger partial charge is 0.366 e. The van der Waals surface area contributed by atoms with E-state index in [9.17, 15) is 19.7 Å². The Kier molecular flexibility index (Phi) is 5.09. The molecule has 0 fully saturated rings. The summed E-state index contributed by atoms with van der Waals surface area (Å²) in [5, 5.41) is 10.8. The molecule has 1 amide bonds. The average Bonchev–Trinajstić information content (AvgIpc) is 2.49. The van der Waals surface area contributed by atoms with Gasteiger partial charge in [-0.15, -0.1) is 0 Å². The summed E-state index contributed by atoms with van der Waals surface area (Å²) in [6.45, 7) is 3.63. The van der Waals surface area contributed by atoms with Gasteiger partial charge in [-0.25, -0.2) is 0 Å². The number of rotatable bonds is 6. The standard InChI is InChI=1S/C14H17N3O6/c1-9(2)5-6-22-13(19)7-16-12(18)8-23-10-3-4-11(17(20)21)15-14(10)16/h3-4,9H,5-8H2,1-2H3. The van der Waals surface area contributed by atoms with Crippen LogP contribution in [0.15, 0.2) is 12.1 Å². The van der Waals surface area contributed by atoms with Crippen molar-refractivity contribution in [2.75, 3.05) is 24.7 Å². The van der Waals surface area contributed by atoms with E-state index in [2.05, 4.69) is 4.98 Å². The van der Waals surface area contributed by atoms with Crippen molar-refractivity contribution in [3.05, 3.63) is 22.2 Å². The first-order valence-electron chi connectivity index (χ1n) is 7.12. The zero-order valence-corrected chi connectivity index (χ0v) is 12.9. The summed E-state index contributed by atoms with van der Waals surface area (Å²) >= 11 is 0. The Labute approximate surface area is 132 Å². The van der Waals surface area contributed by atoms with Crippen LogP contribution in [-0.4, -0.2) is 41.5 Å². The number of pyridine rings is 1. The lowest BCUT2D eigenvalue weighted by Crippen LogP contribution is -2.43. The summed E-state index contributed by atoms with van der Waals surface area (Å²) in [5.41, 5.74) is 0. The maximum atomic E-state index is 11.9. The molecule has 1 aromatic rings. The molecule has 0 saturated heterocycles. The number of aromatic nitrogens is 1. The molecule has 1 aliphatic rings. The molecule has 9 nitrogen and oxygen atoms in total. The third kappa shape index (κ3) is 4.15. The molecule has 0 aromatic carbocycles. The van der Waals surface area contributed by atoms with Gasteiger partial charge in [-0.2, -0.15) is 0 Å². The molecule has 0 atom stereocenters. The summed E-state index contributed by atoms with van der Waals surface area (Å²) in [6, 6.07) is 2.53. The number of carbonyl (C=O) groups excluding carboxylic acids is 2. The maximum absolute atomic E-state index is 11.9. The van der Waals surface area contributed by atoms with Crippen LogP contribution in [0.1, 0.15) is 20.3 Å². The fraction of sp³-hybridized carbons (Fsp3) is 0.500. The number of nitrogens with zero attached hydrogens (tertiary/aromatic N) is 3. The lowest BCUT2D eigenvalue weighted by molar-refractivity contribution is -0.389. The molecule has 1 aliphatic heterocycles. The normalized spacial score (nSPS) is 13.5. The molecule has 124 valence electrons. The fourth-order valence-corrected chi connectivity index (χ4v) is 1.92. The number of carbonyl (C=O) groups is 2. The number of hydrogen-bond donors (Lipinski definition) is 0. The van der Waals surface area contributed by atoms with Crippen LogP contribution < -0.4 is 9.64 Å². The van der Waals surface area contributed by atoms with Gasteiger partial charge in [0.05, 0.1) is 6.61 Å². The predicted octanol–water partition coefficient (Wildman–Crippen LogP) is 1.30. The fourth-order valence-electron chi connectivity index (χ4n) is 1.92. The van der Waals surface area contributed by atoms with Crippen LogP contribution in [0.3, 0.4) is 0 Å². The minimum Gasteiger partial charge on any atom is -0.477 e. The van der Waals surface area contributed by atoms with Crippen molar-refractivity contribution in [2.45, 2.75) is 20.3 Å². The second-order valence-electron chi connectivity index (χ2n) is 5.42. The molecule has 0 N–H and O–H groups in total. The monoisotopic (exact) mass is 323 g/mol. The Hall–Kier alpha value is -2.71. The summed E-state index contributed by atoms with van der Waals surface area (Å²) in [7, 11) is 0. The van der Waals surface area contributed by atoms with Crippen LogP contribution >= 0.6 is 0 Å². The van der Waals surface area contributed by atoms with Crippen LogP contribution in [0.4, 0.5) is 11.6 Å². The highest BCUT2D eigenvalue weighted by atomic mass is 16.6. The molecule has 0 saturated carbocycles. The van der Waals surface area contributed by atoms with Crippen molar-refractivity contribution >= 4 is 23.5 Å². The minimum atomic E-state index is -0.682. The van der Waals surface area contributed by atoms with Crippen LogP contribution in [0.2, 0.25) is 0 Å². The van der Waals surface area contributed by atoms with Crippen molar-refractivity contribution in [3.8, 4) is 5.75 Å². The topological polar surface area (TPSA) is 112 Å². The van der Waals surface area contributed by atoms with Gasteiger partial charge in [-0.05, 0) is 28.3 Å². The molecule has 0 aliphatic carbocycles. The van der Waals surface area contributed by atoms with Gasteiger partial charge in [0.25, 0.3) is 11.7 Å². The summed E-state index contributed by atoms with van der Waals surface area (Å²) in [6.07, 6.45) is 0.711. The minimum absolute atomic E-state index is 0.0451. The quantitative estimate of drug-likeness (QED) is 0.440. The van der Waals surface area contributed by atoms with E-state index in [1.165, 1.54) is 12.1 Å². The Balaban J connectivity index is 2.12. The molecule has 2 heterocycles. The Morgan fingerprint density at radius 2 is 2.26 bits per heavy atom. The van der Waals surface area contributed by atoms with Crippen LogP contribution in [0, 0.1) is 16.0 Å². The highest BCUT2D eigenvalue weighted by Crippen LogP contribution is 2.31. The van der Waals surface area contributed by atoms with Gasteiger partial charge in [0, 0.05) is 6.07 Å². The lowest BCUT2D eigenvalue weighted by atomic mass is 10.1. The van der Waals surface area contributed by atoms with Crippen molar-refractivity contribution in [3.63, 3.8) is 0 Å². The van der Waals surface area contributed by atoms with Crippen LogP contribution in [0.5, 0.6) is 5.75 Å². The number of fused-ring (bicyclic) bond motifs is 1. The van der Waals surface area contributed by atoms with Gasteiger partial charge < -0.3 is 19.6 Å². The Morgan fingerprint density at radius 3 is 2.91 bits per heavy atom. The number of nitro groups is 1. The van der Waals surface area contributed by atoms with E-state index in [0.29, 0.717) is 12.3 Å². The van der Waals surface area contributed by atoms with E-state index in [4.69, 9.17) is 9.47 Å². The molecule has 2 rings (SSSR count). The van der Waals surface area contributed by atoms with Gasteiger partial charge in [-0.3, -0.25) is 14.5 Å². The first-order valence-corrected chi connectivity index (χ1v) is 7.12. The van der Waals surface area contributed by atoms with E-state index in [1.54, 1.807) is 0 Å². The van der Waals surface area contributed by atoms with Crippen LogP contribution in [-0.2, 0) is 14.3 Å². The average molecular weight is 323 g/mol. The molecule has 0 radical (unpaired) electrons. The molecular formula is C14H17N3O6. The predicted molar refractivity (Wildman–Crippen MR) is 79.2 cm³/mol. The largest absolute Gasteiger partial charge is 0.477 e. The van der Waals surface area contributed by atoms with E-state index in [0.717, 1.165) is 4.90 Å². The number of hydrogen-bond acceptors (Lipinski definition) is 7. The van der Waals surface area contributed by atoms with Gasteiger partial charge in [0.15, 0.2) is 12.4 Å². The third-order valence-electron chi connectivity index (χ3n) is 3.17. The Bertz CT molecular complexity index is 631. The SMILES string of the molecule is CC(C)CCOC(=O)CN1C(=O)COc2ccc([N+](=O)[O-])nc21. The van der Waals surface area contributed by atoms with Crippen molar-refractivity contribution < 1.29 is 24.0 Å². The van der Waals surface area contributed by atoms with E-state index in [-0.39, 0.29) is 31.3 Å². The third-order valence-corrected chi connectivity index (χ3v) is 3.17. The van der Waals surface area contributed by atoms with E-state index in [1.807, 2.05) is 13.8 Å². The van der Waals surface area contributed by atoms with E-state index >= 15 is 0 Å². The molecular weight excluding hydrogens is 306 g/mol. The first-order chi connectivity index (χ1) is 10.9. The molecule has 1 aromatic heterocycles. The summed E-state index contributed by atoms with van der Waals surface area (Å²) < 4.78 is 10.2. The molecule has 9 heteroatoms. The second-order valence-corrected chi connectivity index (χ2v) is 5.42. The molecule has 23 heavy (non-hydrogen) atoms. The molecule has 0 spiro atoms. The van der Waals surface area contributed by atoms with Crippen molar-refractivity contribution in [2.24, 2.45) is 5.92 Å². The zero-order valence-electron chi connectivity index (χ0n) is 12.9. The van der Waals surface area contributed by atoms with Gasteiger partial charge >= 0.3 is 11.8 Å². The molecule has 0 bridgehead atoms. The highest BCUT2D eigenvalue weighted by Gasteiger charge is 2.33. The highest BCUT2D eigenvalue weighted by molar-refractivity contribution is 6.00. The second kappa shape index (κ2) is 7.03. The maximum Gasteiger partial charge on any atom is 0.366 e. The van der Waals surface area contributed by atoms with Crippen LogP contribution in [0.25, 0.3) is 0 Å². The summed E-state index contributed by atoms with van der Waals surface area (Å²) in [4.78, 5) is 38.7. The zero-order chi connectivity index (χ0) is 17.0. The number of esters is 1. The molecule has 0 unspecified atom stereocenters. The van der Waals surface area contributed by atoms with E-state index < -0.39 is 22.6 Å². The van der Waals surface area contributed by atoms with Gasteiger partial charge in [0.1, 0.15) is 6.54 Å². The first kappa shape index (κ1) is 16.7. The van der Waals surface area contributed by atoms with Gasteiger partial charge in [0.2, 0.25) is 0 Å². The Morgan fingerprint density at radius 1 is 1.52 bits per heavy atom. The number of amides is 1. The number of anilines is 1. The van der Waals surface area contributed by atoms with Gasteiger partial charge in [-0.1, -0.05) is 13.8 Å². The summed E-state index contributed by atoms with van der Waals surface area (Å²) in [5.74, 6) is -0.981. The van der Waals surface area contributed by atoms with Crippen molar-refractivity contribution in [1.82, 2.24) is 4.98 Å². The lowest BCUT2D eigenvalue weighted by Gasteiger charge is -2.24.